The van der Waals surface area contributed by atoms with Crippen LogP contribution in [0.1, 0.15) is 38.1 Å². The molecule has 1 unspecified atom stereocenters. The number of nitrogen functional groups attached to an aromatic ring is 1. The van der Waals surface area contributed by atoms with Crippen LogP contribution in [0.25, 0.3) is 0 Å². The summed E-state index contributed by atoms with van der Waals surface area (Å²) in [6, 6.07) is 4.18. The van der Waals surface area contributed by atoms with E-state index in [1.54, 1.807) is 25.1 Å². The zero-order valence-corrected chi connectivity index (χ0v) is 12.3. The summed E-state index contributed by atoms with van der Waals surface area (Å²) in [7, 11) is 0. The Morgan fingerprint density at radius 2 is 1.85 bits per heavy atom. The number of anilines is 2. The molecule has 2 amide bonds. The minimum atomic E-state index is -0.542. The molecular weight excluding hydrogens is 256 g/mol. The molecular formula is C14H22N4O2. The summed E-state index contributed by atoms with van der Waals surface area (Å²) in [5.74, 6) is -0.693. The molecule has 6 nitrogen and oxygen atoms in total. The quantitative estimate of drug-likeness (QED) is 0.618. The zero-order valence-electron chi connectivity index (χ0n) is 12.3. The van der Waals surface area contributed by atoms with Crippen LogP contribution < -0.4 is 22.1 Å². The lowest BCUT2D eigenvalue weighted by molar-refractivity contribution is -0.122. The number of nitrogens with one attached hydrogen (secondary N) is 2. The SMILES string of the molecule is CC(Nc1cc(C(N)=O)ccc1N)C(=O)NC(C)(C)C. The second-order valence-electron chi connectivity index (χ2n) is 5.77. The smallest absolute Gasteiger partial charge is 0.248 e. The second kappa shape index (κ2) is 5.81. The Labute approximate surface area is 118 Å². The van der Waals surface area contributed by atoms with Crippen LogP contribution in [0, 0.1) is 0 Å². The molecule has 0 saturated heterocycles. The minimum Gasteiger partial charge on any atom is -0.397 e. The molecule has 0 aromatic heterocycles. The molecule has 0 heterocycles. The van der Waals surface area contributed by atoms with E-state index in [1.807, 2.05) is 20.8 Å². The maximum Gasteiger partial charge on any atom is 0.248 e. The Hall–Kier alpha value is -2.24. The van der Waals surface area contributed by atoms with E-state index in [4.69, 9.17) is 11.5 Å². The summed E-state index contributed by atoms with van der Waals surface area (Å²) in [5.41, 5.74) is 12.0. The van der Waals surface area contributed by atoms with Gasteiger partial charge in [0.15, 0.2) is 0 Å². The van der Waals surface area contributed by atoms with Gasteiger partial charge in [0.1, 0.15) is 6.04 Å². The predicted molar refractivity (Wildman–Crippen MR) is 80.4 cm³/mol. The van der Waals surface area contributed by atoms with Gasteiger partial charge in [-0.05, 0) is 45.9 Å². The van der Waals surface area contributed by atoms with Gasteiger partial charge in [-0.3, -0.25) is 9.59 Å². The van der Waals surface area contributed by atoms with Gasteiger partial charge >= 0.3 is 0 Å². The normalized spacial score (nSPS) is 12.6. The first-order valence-corrected chi connectivity index (χ1v) is 6.38. The van der Waals surface area contributed by atoms with Gasteiger partial charge in [-0.15, -0.1) is 0 Å². The number of carbonyl (C=O) groups excluding carboxylic acids is 2. The van der Waals surface area contributed by atoms with Crippen LogP contribution in [0.4, 0.5) is 11.4 Å². The molecule has 0 aliphatic heterocycles. The first-order valence-electron chi connectivity index (χ1n) is 6.38. The molecule has 1 atom stereocenters. The van der Waals surface area contributed by atoms with Gasteiger partial charge in [-0.25, -0.2) is 0 Å². The molecule has 0 spiro atoms. The topological polar surface area (TPSA) is 110 Å². The highest BCUT2D eigenvalue weighted by Crippen LogP contribution is 2.20. The lowest BCUT2D eigenvalue weighted by Gasteiger charge is -2.24. The van der Waals surface area contributed by atoms with Crippen molar-refractivity contribution >= 4 is 23.2 Å². The van der Waals surface area contributed by atoms with Crippen molar-refractivity contribution in [3.05, 3.63) is 23.8 Å². The van der Waals surface area contributed by atoms with E-state index in [-0.39, 0.29) is 11.4 Å². The van der Waals surface area contributed by atoms with E-state index in [1.165, 1.54) is 0 Å². The Bertz CT molecular complexity index is 520. The maximum absolute atomic E-state index is 12.0. The third-order valence-electron chi connectivity index (χ3n) is 2.60. The summed E-state index contributed by atoms with van der Waals surface area (Å²) >= 11 is 0. The number of nitrogens with two attached hydrogens (primary N) is 2. The van der Waals surface area contributed by atoms with E-state index in [2.05, 4.69) is 10.6 Å². The highest BCUT2D eigenvalue weighted by atomic mass is 16.2. The second-order valence-corrected chi connectivity index (χ2v) is 5.77. The number of hydrogen-bond acceptors (Lipinski definition) is 4. The van der Waals surface area contributed by atoms with Gasteiger partial charge in [-0.1, -0.05) is 0 Å². The predicted octanol–water partition coefficient (Wildman–Crippen LogP) is 1.08. The molecule has 0 fully saturated rings. The summed E-state index contributed by atoms with van der Waals surface area (Å²) in [6.45, 7) is 7.43. The lowest BCUT2D eigenvalue weighted by Crippen LogP contribution is -2.47. The monoisotopic (exact) mass is 278 g/mol. The molecule has 20 heavy (non-hydrogen) atoms. The summed E-state index contributed by atoms with van der Waals surface area (Å²) in [5, 5.41) is 5.85. The summed E-state index contributed by atoms with van der Waals surface area (Å²) in [6.07, 6.45) is 0. The lowest BCUT2D eigenvalue weighted by atomic mass is 10.1. The van der Waals surface area contributed by atoms with E-state index >= 15 is 0 Å². The van der Waals surface area contributed by atoms with Crippen molar-refractivity contribution in [3.8, 4) is 0 Å². The standard InChI is InChI=1S/C14H22N4O2/c1-8(13(20)18-14(2,3)4)17-11-7-9(12(16)19)5-6-10(11)15/h5-8,17H,15H2,1-4H3,(H2,16,19)(H,18,20). The Balaban J connectivity index is 2.85. The molecule has 0 bridgehead atoms. The minimum absolute atomic E-state index is 0.152. The largest absolute Gasteiger partial charge is 0.397 e. The van der Waals surface area contributed by atoms with Crippen LogP contribution in [-0.4, -0.2) is 23.4 Å². The molecule has 0 radical (unpaired) electrons. The van der Waals surface area contributed by atoms with Gasteiger partial charge in [0.05, 0.1) is 11.4 Å². The van der Waals surface area contributed by atoms with Crippen molar-refractivity contribution < 1.29 is 9.59 Å². The molecule has 1 aromatic rings. The third-order valence-corrected chi connectivity index (χ3v) is 2.60. The number of rotatable bonds is 4. The number of amides is 2. The van der Waals surface area contributed by atoms with Gasteiger partial charge in [-0.2, -0.15) is 0 Å². The van der Waals surface area contributed by atoms with Crippen LogP contribution in [-0.2, 0) is 4.79 Å². The zero-order chi connectivity index (χ0) is 15.5. The van der Waals surface area contributed by atoms with Gasteiger partial charge in [0.25, 0.3) is 0 Å². The van der Waals surface area contributed by atoms with Crippen LogP contribution in [0.2, 0.25) is 0 Å². The van der Waals surface area contributed by atoms with Gasteiger partial charge in [0.2, 0.25) is 11.8 Å². The maximum atomic E-state index is 12.0. The van der Waals surface area contributed by atoms with Crippen LogP contribution in [0.3, 0.4) is 0 Å². The fourth-order valence-corrected chi connectivity index (χ4v) is 1.61. The Morgan fingerprint density at radius 1 is 1.25 bits per heavy atom. The highest BCUT2D eigenvalue weighted by Gasteiger charge is 2.19. The van der Waals surface area contributed by atoms with Crippen molar-refractivity contribution in [1.82, 2.24) is 5.32 Å². The Kier molecular flexibility index (Phi) is 4.60. The molecule has 1 aromatic carbocycles. The number of primary amides is 1. The van der Waals surface area contributed by atoms with Crippen molar-refractivity contribution in [2.45, 2.75) is 39.3 Å². The average molecular weight is 278 g/mol. The summed E-state index contributed by atoms with van der Waals surface area (Å²) < 4.78 is 0. The molecule has 1 rings (SSSR count). The summed E-state index contributed by atoms with van der Waals surface area (Å²) in [4.78, 5) is 23.1. The number of hydrogen-bond donors (Lipinski definition) is 4. The molecule has 110 valence electrons. The number of carbonyl (C=O) groups is 2. The molecule has 0 aliphatic carbocycles. The van der Waals surface area contributed by atoms with Crippen molar-refractivity contribution in [3.63, 3.8) is 0 Å². The first-order chi connectivity index (χ1) is 9.10. The average Bonchev–Trinajstić information content (AvgIpc) is 2.29. The fraction of sp³-hybridized carbons (Fsp3) is 0.429. The first kappa shape index (κ1) is 15.8. The van der Waals surface area contributed by atoms with E-state index in [9.17, 15) is 9.59 Å². The van der Waals surface area contributed by atoms with E-state index < -0.39 is 11.9 Å². The van der Waals surface area contributed by atoms with E-state index in [0.717, 1.165) is 0 Å². The van der Waals surface area contributed by atoms with E-state index in [0.29, 0.717) is 16.9 Å². The van der Waals surface area contributed by atoms with Crippen molar-refractivity contribution in [2.24, 2.45) is 5.73 Å². The van der Waals surface area contributed by atoms with Crippen LogP contribution in [0.5, 0.6) is 0 Å². The highest BCUT2D eigenvalue weighted by molar-refractivity contribution is 5.95. The Morgan fingerprint density at radius 3 is 2.35 bits per heavy atom. The van der Waals surface area contributed by atoms with Gasteiger partial charge in [0, 0.05) is 11.1 Å². The van der Waals surface area contributed by atoms with Gasteiger partial charge < -0.3 is 22.1 Å². The fourth-order valence-electron chi connectivity index (χ4n) is 1.61. The molecule has 0 saturated carbocycles. The molecule has 6 heteroatoms. The third kappa shape index (κ3) is 4.46. The van der Waals surface area contributed by atoms with Crippen LogP contribution in [0.15, 0.2) is 18.2 Å². The number of benzene rings is 1. The van der Waals surface area contributed by atoms with Crippen LogP contribution >= 0.6 is 0 Å². The molecule has 6 N–H and O–H groups in total. The molecule has 0 aliphatic rings. The van der Waals surface area contributed by atoms with Crippen molar-refractivity contribution in [2.75, 3.05) is 11.1 Å². The van der Waals surface area contributed by atoms with Crippen molar-refractivity contribution in [1.29, 1.82) is 0 Å².